The minimum atomic E-state index is -3.70. The molecule has 1 aliphatic heterocycles. The van der Waals surface area contributed by atoms with Gasteiger partial charge in [0.25, 0.3) is 10.0 Å². The van der Waals surface area contributed by atoms with Gasteiger partial charge in [0.15, 0.2) is 0 Å². The van der Waals surface area contributed by atoms with Gasteiger partial charge in [0, 0.05) is 10.7 Å². The van der Waals surface area contributed by atoms with E-state index in [1.807, 2.05) is 13.0 Å². The molecule has 0 saturated carbocycles. The molecule has 1 amide bonds. The fraction of sp³-hybridized carbons (Fsp3) is 0.125. The lowest BCUT2D eigenvalue weighted by atomic mass is 10.2. The number of benzene rings is 2. The fourth-order valence-electron chi connectivity index (χ4n) is 2.30. The number of halogens is 1. The number of nitrogens with zero attached hydrogens (tertiary/aromatic N) is 2. The minimum absolute atomic E-state index is 0.0679. The molecule has 0 aliphatic carbocycles. The van der Waals surface area contributed by atoms with Crippen molar-refractivity contribution >= 4 is 45.2 Å². The monoisotopic (exact) mass is 363 g/mol. The van der Waals surface area contributed by atoms with E-state index in [0.717, 1.165) is 11.9 Å². The van der Waals surface area contributed by atoms with E-state index >= 15 is 0 Å². The maximum atomic E-state index is 12.2. The molecule has 1 heterocycles. The van der Waals surface area contributed by atoms with Gasteiger partial charge in [0.05, 0.1) is 5.69 Å². The smallest absolute Gasteiger partial charge is 0.285 e. The predicted octanol–water partition coefficient (Wildman–Crippen LogP) is 2.82. The number of carbonyl (C=O) groups excluding carboxylic acids is 1. The lowest BCUT2D eigenvalue weighted by Crippen LogP contribution is -2.35. The number of hydrogen-bond acceptors (Lipinski definition) is 4. The van der Waals surface area contributed by atoms with Gasteiger partial charge in [-0.25, -0.2) is 0 Å². The number of amides is 1. The lowest BCUT2D eigenvalue weighted by molar-refractivity contribution is -0.114. The minimum Gasteiger partial charge on any atom is -0.324 e. The van der Waals surface area contributed by atoms with Gasteiger partial charge in [-0.05, 0) is 36.8 Å². The highest BCUT2D eigenvalue weighted by atomic mass is 35.5. The zero-order valence-corrected chi connectivity index (χ0v) is 14.3. The maximum absolute atomic E-state index is 12.2. The van der Waals surface area contributed by atoms with E-state index < -0.39 is 10.0 Å². The van der Waals surface area contributed by atoms with Crippen LogP contribution in [0.3, 0.4) is 0 Å². The van der Waals surface area contributed by atoms with Crippen LogP contribution in [-0.4, -0.2) is 27.2 Å². The van der Waals surface area contributed by atoms with Gasteiger partial charge < -0.3 is 10.2 Å². The van der Waals surface area contributed by atoms with Crippen molar-refractivity contribution in [2.75, 3.05) is 16.8 Å². The first kappa shape index (κ1) is 16.5. The Balaban J connectivity index is 1.79. The largest absolute Gasteiger partial charge is 0.324 e. The number of nitrogens with one attached hydrogen (secondary N) is 1. The Kier molecular flexibility index (Phi) is 4.29. The molecule has 1 N–H and O–H groups in total. The summed E-state index contributed by atoms with van der Waals surface area (Å²) in [6.07, 6.45) is 1.15. The summed E-state index contributed by atoms with van der Waals surface area (Å²) in [5, 5.41) is 3.29. The van der Waals surface area contributed by atoms with E-state index in [-0.39, 0.29) is 17.3 Å². The molecule has 24 heavy (non-hydrogen) atoms. The molecule has 0 radical (unpaired) electrons. The van der Waals surface area contributed by atoms with Gasteiger partial charge in [-0.15, -0.1) is 4.40 Å². The van der Waals surface area contributed by atoms with Crippen LogP contribution >= 0.6 is 11.6 Å². The Morgan fingerprint density at radius 2 is 2.00 bits per heavy atom. The van der Waals surface area contributed by atoms with E-state index in [9.17, 15) is 13.2 Å². The average molecular weight is 364 g/mol. The third kappa shape index (κ3) is 3.27. The summed E-state index contributed by atoms with van der Waals surface area (Å²) in [4.78, 5) is 13.8. The van der Waals surface area contributed by atoms with Crippen molar-refractivity contribution in [2.45, 2.75) is 11.8 Å². The molecule has 0 aromatic heterocycles. The molecule has 0 spiro atoms. The summed E-state index contributed by atoms with van der Waals surface area (Å²) in [6, 6.07) is 11.6. The molecule has 6 nitrogen and oxygen atoms in total. The molecule has 0 atom stereocenters. The van der Waals surface area contributed by atoms with Crippen LogP contribution in [0.5, 0.6) is 0 Å². The average Bonchev–Trinajstić information content (AvgIpc) is 2.54. The Morgan fingerprint density at radius 3 is 2.75 bits per heavy atom. The quantitative estimate of drug-likeness (QED) is 0.909. The molecule has 8 heteroatoms. The third-order valence-electron chi connectivity index (χ3n) is 3.55. The molecule has 1 aliphatic rings. The fourth-order valence-corrected chi connectivity index (χ4v) is 3.53. The number of rotatable bonds is 3. The Hall–Kier alpha value is -2.38. The van der Waals surface area contributed by atoms with Gasteiger partial charge in [-0.2, -0.15) is 8.42 Å². The van der Waals surface area contributed by atoms with Crippen molar-refractivity contribution < 1.29 is 13.2 Å². The second kappa shape index (κ2) is 6.26. The highest BCUT2D eigenvalue weighted by Gasteiger charge is 2.25. The van der Waals surface area contributed by atoms with Crippen LogP contribution in [0.4, 0.5) is 11.4 Å². The van der Waals surface area contributed by atoms with Gasteiger partial charge in [-0.3, -0.25) is 4.79 Å². The summed E-state index contributed by atoms with van der Waals surface area (Å²) >= 11 is 6.04. The SMILES string of the molecule is Cc1ccc(NC(=O)CN2C=NS(=O)(=O)c3ccccc32)cc1Cl. The number of hydrogen-bond donors (Lipinski definition) is 1. The zero-order valence-electron chi connectivity index (χ0n) is 12.7. The molecule has 0 unspecified atom stereocenters. The van der Waals surface area contributed by atoms with Crippen LogP contribution in [0, 0.1) is 6.92 Å². The van der Waals surface area contributed by atoms with Crippen LogP contribution in [0.15, 0.2) is 51.8 Å². The second-order valence-corrected chi connectivity index (χ2v) is 7.31. The molecule has 0 fully saturated rings. The Bertz CT molecular complexity index is 941. The summed E-state index contributed by atoms with van der Waals surface area (Å²) in [5.74, 6) is -0.310. The number of carbonyl (C=O) groups is 1. The van der Waals surface area contributed by atoms with Crippen LogP contribution in [0.1, 0.15) is 5.56 Å². The molecular formula is C16H14ClN3O3S. The molecule has 2 aromatic rings. The summed E-state index contributed by atoms with van der Waals surface area (Å²) < 4.78 is 27.4. The second-order valence-electron chi connectivity index (χ2n) is 5.30. The maximum Gasteiger partial charge on any atom is 0.285 e. The summed E-state index contributed by atoms with van der Waals surface area (Å²) in [5.41, 5.74) is 1.91. The van der Waals surface area contributed by atoms with Crippen molar-refractivity contribution in [3.63, 3.8) is 0 Å². The first-order chi connectivity index (χ1) is 11.4. The molecule has 2 aromatic carbocycles. The highest BCUT2D eigenvalue weighted by Crippen LogP contribution is 2.29. The Labute approximate surface area is 144 Å². The third-order valence-corrected chi connectivity index (χ3v) is 5.23. The van der Waals surface area contributed by atoms with Gasteiger partial charge in [0.1, 0.15) is 17.8 Å². The van der Waals surface area contributed by atoms with Gasteiger partial charge >= 0.3 is 0 Å². The topological polar surface area (TPSA) is 78.8 Å². The van der Waals surface area contributed by atoms with E-state index in [4.69, 9.17) is 11.6 Å². The number of sulfonamides is 1. The number of fused-ring (bicyclic) bond motifs is 1. The van der Waals surface area contributed by atoms with Gasteiger partial charge in [0.2, 0.25) is 5.91 Å². The van der Waals surface area contributed by atoms with E-state index in [1.54, 1.807) is 30.3 Å². The van der Waals surface area contributed by atoms with E-state index in [0.29, 0.717) is 16.4 Å². The first-order valence-corrected chi connectivity index (χ1v) is 8.91. The summed E-state index contributed by atoms with van der Waals surface area (Å²) in [6.45, 7) is 1.80. The number of para-hydroxylation sites is 1. The normalized spacial score (nSPS) is 15.0. The molecular weight excluding hydrogens is 350 g/mol. The van der Waals surface area contributed by atoms with E-state index in [2.05, 4.69) is 9.71 Å². The zero-order chi connectivity index (χ0) is 17.3. The van der Waals surface area contributed by atoms with E-state index in [1.165, 1.54) is 11.0 Å². The Morgan fingerprint density at radius 1 is 1.25 bits per heavy atom. The van der Waals surface area contributed by atoms with Crippen LogP contribution in [0.2, 0.25) is 5.02 Å². The van der Waals surface area contributed by atoms with Crippen molar-refractivity contribution in [1.29, 1.82) is 0 Å². The molecule has 0 bridgehead atoms. The molecule has 3 rings (SSSR count). The lowest BCUT2D eigenvalue weighted by Gasteiger charge is -2.24. The van der Waals surface area contributed by atoms with Crippen molar-refractivity contribution in [3.05, 3.63) is 53.1 Å². The summed E-state index contributed by atoms with van der Waals surface area (Å²) in [7, 11) is -3.70. The van der Waals surface area contributed by atoms with Crippen LogP contribution in [-0.2, 0) is 14.8 Å². The van der Waals surface area contributed by atoms with Gasteiger partial charge in [-0.1, -0.05) is 29.8 Å². The molecule has 0 saturated heterocycles. The van der Waals surface area contributed by atoms with Crippen LogP contribution in [0.25, 0.3) is 0 Å². The van der Waals surface area contributed by atoms with Crippen LogP contribution < -0.4 is 10.2 Å². The first-order valence-electron chi connectivity index (χ1n) is 7.09. The predicted molar refractivity (Wildman–Crippen MR) is 94.3 cm³/mol. The standard InChI is InChI=1S/C16H14ClN3O3S/c1-11-6-7-12(8-13(11)17)19-16(21)9-20-10-18-24(22,23)15-5-3-2-4-14(15)20/h2-8,10H,9H2,1H3,(H,19,21). The highest BCUT2D eigenvalue weighted by molar-refractivity contribution is 7.90. The number of aryl methyl sites for hydroxylation is 1. The van der Waals surface area contributed by atoms with Crippen molar-refractivity contribution in [3.8, 4) is 0 Å². The molecule has 124 valence electrons. The number of anilines is 2. The van der Waals surface area contributed by atoms with Crippen molar-refractivity contribution in [2.24, 2.45) is 4.40 Å². The van der Waals surface area contributed by atoms with Crippen molar-refractivity contribution in [1.82, 2.24) is 0 Å².